The Labute approximate surface area is 137 Å². The zero-order valence-corrected chi connectivity index (χ0v) is 13.4. The van der Waals surface area contributed by atoms with E-state index in [4.69, 9.17) is 0 Å². The van der Waals surface area contributed by atoms with Gasteiger partial charge in [-0.25, -0.2) is 9.18 Å². The van der Waals surface area contributed by atoms with Gasteiger partial charge < -0.3 is 10.6 Å². The van der Waals surface area contributed by atoms with E-state index in [0.29, 0.717) is 13.0 Å². The van der Waals surface area contributed by atoms with Gasteiger partial charge in [0, 0.05) is 17.2 Å². The molecule has 2 aromatic rings. The van der Waals surface area contributed by atoms with Crippen LogP contribution in [0.1, 0.15) is 11.1 Å². The van der Waals surface area contributed by atoms with Crippen LogP contribution in [-0.2, 0) is 6.42 Å². The molecule has 0 spiro atoms. The molecule has 0 aliphatic rings. The third-order valence-corrected chi connectivity index (χ3v) is 3.50. The van der Waals surface area contributed by atoms with Gasteiger partial charge in [0.15, 0.2) is 0 Å². The van der Waals surface area contributed by atoms with Gasteiger partial charge >= 0.3 is 6.03 Å². The Morgan fingerprint density at radius 1 is 1.09 bits per heavy atom. The lowest BCUT2D eigenvalue weighted by molar-refractivity contribution is 0.244. The number of nitrogens with one attached hydrogen (secondary N) is 2. The zero-order valence-electron chi connectivity index (χ0n) is 11.9. The number of carbonyl (C=O) groups is 1. The molecule has 0 aliphatic heterocycles. The molecule has 0 aliphatic carbocycles. The zero-order chi connectivity index (χ0) is 15.8. The molecule has 5 heteroatoms. The fraction of sp³-hybridized carbons (Fsp3) is 0.118. The van der Waals surface area contributed by atoms with Crippen molar-refractivity contribution >= 4 is 28.0 Å². The number of urea groups is 1. The number of hydrogen-bond donors (Lipinski definition) is 2. The number of hydrogen-bond acceptors (Lipinski definition) is 1. The Hall–Kier alpha value is -2.14. The highest BCUT2D eigenvalue weighted by molar-refractivity contribution is 9.10. The van der Waals surface area contributed by atoms with Gasteiger partial charge in [0.05, 0.1) is 0 Å². The van der Waals surface area contributed by atoms with Gasteiger partial charge in [0.25, 0.3) is 0 Å². The molecule has 0 aromatic heterocycles. The highest BCUT2D eigenvalue weighted by Gasteiger charge is 1.98. The smallest absolute Gasteiger partial charge is 0.318 e. The van der Waals surface area contributed by atoms with E-state index in [9.17, 15) is 9.18 Å². The lowest BCUT2D eigenvalue weighted by Crippen LogP contribution is -2.33. The molecule has 0 unspecified atom stereocenters. The summed E-state index contributed by atoms with van der Waals surface area (Å²) in [5.41, 5.74) is 1.97. The topological polar surface area (TPSA) is 41.1 Å². The first-order valence-corrected chi connectivity index (χ1v) is 7.64. The predicted molar refractivity (Wildman–Crippen MR) is 89.8 cm³/mol. The van der Waals surface area contributed by atoms with Crippen molar-refractivity contribution in [2.75, 3.05) is 6.54 Å². The lowest BCUT2D eigenvalue weighted by Gasteiger charge is -2.05. The van der Waals surface area contributed by atoms with Gasteiger partial charge in [-0.15, -0.1) is 0 Å². The monoisotopic (exact) mass is 362 g/mol. The number of benzene rings is 2. The Morgan fingerprint density at radius 3 is 2.45 bits per heavy atom. The Balaban J connectivity index is 1.69. The van der Waals surface area contributed by atoms with E-state index in [1.165, 1.54) is 12.1 Å². The first-order valence-electron chi connectivity index (χ1n) is 6.84. The molecule has 2 rings (SSSR count). The molecule has 0 heterocycles. The average molecular weight is 363 g/mol. The van der Waals surface area contributed by atoms with Gasteiger partial charge in [-0.05, 0) is 47.9 Å². The summed E-state index contributed by atoms with van der Waals surface area (Å²) in [4.78, 5) is 11.6. The fourth-order valence-corrected chi connectivity index (χ4v) is 2.07. The molecule has 0 fully saturated rings. The number of amides is 2. The third-order valence-electron chi connectivity index (χ3n) is 2.97. The first-order chi connectivity index (χ1) is 10.6. The van der Waals surface area contributed by atoms with Crippen LogP contribution in [0.25, 0.3) is 6.08 Å². The van der Waals surface area contributed by atoms with Crippen molar-refractivity contribution in [3.8, 4) is 0 Å². The van der Waals surface area contributed by atoms with Crippen molar-refractivity contribution in [3.05, 3.63) is 76.1 Å². The minimum absolute atomic E-state index is 0.257. The molecule has 0 radical (unpaired) electrons. The van der Waals surface area contributed by atoms with Crippen molar-refractivity contribution in [3.63, 3.8) is 0 Å². The number of halogens is 2. The van der Waals surface area contributed by atoms with Crippen molar-refractivity contribution in [1.29, 1.82) is 0 Å². The summed E-state index contributed by atoms with van der Waals surface area (Å²) in [6, 6.07) is 13.7. The van der Waals surface area contributed by atoms with E-state index in [0.717, 1.165) is 15.6 Å². The van der Waals surface area contributed by atoms with Crippen molar-refractivity contribution in [2.24, 2.45) is 0 Å². The number of rotatable bonds is 5. The second-order valence-corrected chi connectivity index (χ2v) is 5.58. The van der Waals surface area contributed by atoms with E-state index < -0.39 is 0 Å². The maximum Gasteiger partial charge on any atom is 0.318 e. The van der Waals surface area contributed by atoms with Crippen LogP contribution in [0.3, 0.4) is 0 Å². The van der Waals surface area contributed by atoms with Crippen LogP contribution in [0.15, 0.2) is 59.2 Å². The van der Waals surface area contributed by atoms with E-state index in [1.807, 2.05) is 30.3 Å². The van der Waals surface area contributed by atoms with Gasteiger partial charge in [0.1, 0.15) is 5.82 Å². The molecule has 0 bridgehead atoms. The van der Waals surface area contributed by atoms with Gasteiger partial charge in [0.2, 0.25) is 0 Å². The van der Waals surface area contributed by atoms with E-state index in [1.54, 1.807) is 18.3 Å². The predicted octanol–water partition coefficient (Wildman–Crippen LogP) is 4.10. The molecule has 2 amide bonds. The van der Waals surface area contributed by atoms with Gasteiger partial charge in [-0.1, -0.05) is 40.2 Å². The van der Waals surface area contributed by atoms with Crippen LogP contribution in [0.4, 0.5) is 9.18 Å². The normalized spacial score (nSPS) is 10.6. The van der Waals surface area contributed by atoms with Crippen LogP contribution in [0.2, 0.25) is 0 Å². The van der Waals surface area contributed by atoms with Crippen molar-refractivity contribution in [2.45, 2.75) is 6.42 Å². The molecular weight excluding hydrogens is 347 g/mol. The highest BCUT2D eigenvalue weighted by Crippen LogP contribution is 2.11. The minimum atomic E-state index is -0.268. The van der Waals surface area contributed by atoms with E-state index >= 15 is 0 Å². The summed E-state index contributed by atoms with van der Waals surface area (Å²) in [6.45, 7) is 0.490. The Bertz CT molecular complexity index is 639. The highest BCUT2D eigenvalue weighted by atomic mass is 79.9. The minimum Gasteiger partial charge on any atom is -0.338 e. The van der Waals surface area contributed by atoms with Crippen LogP contribution in [-0.4, -0.2) is 12.6 Å². The molecule has 2 aromatic carbocycles. The largest absolute Gasteiger partial charge is 0.338 e. The second kappa shape index (κ2) is 8.34. The molecule has 0 atom stereocenters. The molecule has 114 valence electrons. The summed E-state index contributed by atoms with van der Waals surface area (Å²) < 4.78 is 13.8. The van der Waals surface area contributed by atoms with E-state index in [-0.39, 0.29) is 11.8 Å². The van der Waals surface area contributed by atoms with Crippen molar-refractivity contribution < 1.29 is 9.18 Å². The van der Waals surface area contributed by atoms with Gasteiger partial charge in [-0.2, -0.15) is 0 Å². The standard InChI is InChI=1S/C17H16BrFN2O/c18-15-5-1-13(2-6-15)9-11-20-17(22)21-12-10-14-3-7-16(19)8-4-14/h1-9,11H,10,12H2,(H2,20,21,22)/b11-9+. The summed E-state index contributed by atoms with van der Waals surface area (Å²) >= 11 is 3.36. The maximum absolute atomic E-state index is 12.7. The van der Waals surface area contributed by atoms with Crippen LogP contribution in [0, 0.1) is 5.82 Å². The average Bonchev–Trinajstić information content (AvgIpc) is 2.51. The molecule has 3 nitrogen and oxygen atoms in total. The number of carbonyl (C=O) groups excluding carboxylic acids is 1. The summed E-state index contributed by atoms with van der Waals surface area (Å²) in [5, 5.41) is 5.38. The quantitative estimate of drug-likeness (QED) is 0.825. The fourth-order valence-electron chi connectivity index (χ4n) is 1.81. The molecule has 0 saturated heterocycles. The van der Waals surface area contributed by atoms with Crippen LogP contribution in [0.5, 0.6) is 0 Å². The SMILES string of the molecule is O=C(N/C=C/c1ccc(Br)cc1)NCCc1ccc(F)cc1. The molecule has 2 N–H and O–H groups in total. The Kier molecular flexibility index (Phi) is 6.15. The molecule has 0 saturated carbocycles. The first kappa shape index (κ1) is 16.2. The molecular formula is C17H16BrFN2O. The van der Waals surface area contributed by atoms with Crippen LogP contribution >= 0.6 is 15.9 Å². The maximum atomic E-state index is 12.7. The Morgan fingerprint density at radius 2 is 1.77 bits per heavy atom. The summed E-state index contributed by atoms with van der Waals surface area (Å²) in [7, 11) is 0. The second-order valence-electron chi connectivity index (χ2n) is 4.66. The van der Waals surface area contributed by atoms with E-state index in [2.05, 4.69) is 26.6 Å². The molecule has 22 heavy (non-hydrogen) atoms. The third kappa shape index (κ3) is 5.69. The summed E-state index contributed by atoms with van der Waals surface area (Å²) in [6.07, 6.45) is 4.06. The van der Waals surface area contributed by atoms with Crippen LogP contribution < -0.4 is 10.6 Å². The van der Waals surface area contributed by atoms with Crippen molar-refractivity contribution in [1.82, 2.24) is 10.6 Å². The van der Waals surface area contributed by atoms with Gasteiger partial charge in [-0.3, -0.25) is 0 Å². The lowest BCUT2D eigenvalue weighted by atomic mass is 10.1. The summed E-state index contributed by atoms with van der Waals surface area (Å²) in [5.74, 6) is -0.257.